The maximum atomic E-state index is 13.3. The molecule has 0 spiro atoms. The van der Waals surface area contributed by atoms with E-state index >= 15 is 0 Å². The zero-order valence-electron chi connectivity index (χ0n) is 33.7. The highest BCUT2D eigenvalue weighted by atomic mass is 32.2. The van der Waals surface area contributed by atoms with Crippen molar-refractivity contribution < 1.29 is 47.0 Å². The lowest BCUT2D eigenvalue weighted by Crippen LogP contribution is -2.47. The van der Waals surface area contributed by atoms with Crippen molar-refractivity contribution in [2.45, 2.75) is 76.8 Å². The second kappa shape index (κ2) is 17.3. The van der Waals surface area contributed by atoms with Crippen LogP contribution in [0.3, 0.4) is 0 Å². The number of nitrogens with zero attached hydrogens (tertiary/aromatic N) is 5. The maximum Gasteiger partial charge on any atom is 0.251 e. The Bertz CT molecular complexity index is 2510. The van der Waals surface area contributed by atoms with Crippen molar-refractivity contribution in [3.05, 3.63) is 103 Å². The van der Waals surface area contributed by atoms with Crippen LogP contribution in [-0.4, -0.2) is 74.6 Å². The van der Waals surface area contributed by atoms with Crippen molar-refractivity contribution in [3.8, 4) is 11.5 Å². The normalized spacial score (nSPS) is 17.4. The van der Waals surface area contributed by atoms with Gasteiger partial charge in [0.05, 0.1) is 27.7 Å². The molecule has 1 unspecified atom stereocenters. The monoisotopic (exact) mass is 846 g/mol. The van der Waals surface area contributed by atoms with Gasteiger partial charge in [0.15, 0.2) is 5.54 Å². The number of unbranched alkanes of at least 4 members (excludes halogenated alkanes) is 3. The minimum absolute atomic E-state index is 0.108. The first-order chi connectivity index (χ1) is 27.9. The van der Waals surface area contributed by atoms with Crippen LogP contribution in [0.25, 0.3) is 21.6 Å². The summed E-state index contributed by atoms with van der Waals surface area (Å²) in [5.74, 6) is -2.31. The molecule has 1 amide bonds. The Balaban J connectivity index is 1.56. The molecular weight excluding hydrogens is 801 g/mol. The van der Waals surface area contributed by atoms with E-state index in [1.165, 1.54) is 12.1 Å². The van der Waals surface area contributed by atoms with Crippen LogP contribution in [0.5, 0.6) is 11.5 Å². The second-order valence-corrected chi connectivity index (χ2v) is 18.3. The summed E-state index contributed by atoms with van der Waals surface area (Å²) in [6.07, 6.45) is 5.42. The molecule has 1 atom stereocenters. The van der Waals surface area contributed by atoms with Crippen LogP contribution >= 0.6 is 12.0 Å². The van der Waals surface area contributed by atoms with E-state index in [4.69, 9.17) is 10.3 Å². The smallest absolute Gasteiger partial charge is 0.251 e. The summed E-state index contributed by atoms with van der Waals surface area (Å²) >= 11 is 0.813. The van der Waals surface area contributed by atoms with E-state index in [2.05, 4.69) is 29.3 Å². The average Bonchev–Trinajstić information content (AvgIpc) is 3.17. The number of azide groups is 1. The molecule has 3 heterocycles. The summed E-state index contributed by atoms with van der Waals surface area (Å²) in [6.45, 7) is 8.74. The number of aromatic carboxylic acids is 1. The molecule has 314 valence electrons. The average molecular weight is 847 g/mol. The van der Waals surface area contributed by atoms with Crippen molar-refractivity contribution in [3.63, 3.8) is 0 Å². The number of ether oxygens (including phenoxy) is 1. The summed E-state index contributed by atoms with van der Waals surface area (Å²) in [6, 6.07) is 11.7. The van der Waals surface area contributed by atoms with Gasteiger partial charge in [-0.05, 0) is 85.7 Å². The molecule has 18 heteroatoms. The standard InChI is InChI=1S/C41H48N6O10S2/c1-40(2)20-25(22-58-57-56-51)28-16-31-35(18-33(28)46(40)5)55-36-19-34-29(26(23-59(52,53)54)21-41(3,4)47(34)6)17-32(36)37(31)27-12-11-24(15-30(27)39(49)50)38(48)43-13-9-7-8-10-14-44-45-42/h11-12,15-20,26H,7-10,13-14,21-23H2,1-6H3,(H3-,43,48,49,50,51,52,53,54)/p-2. The van der Waals surface area contributed by atoms with E-state index in [9.17, 15) is 32.9 Å². The number of hydrogen-bond donors (Lipinski definition) is 1. The highest BCUT2D eigenvalue weighted by molar-refractivity contribution is 7.95. The first-order valence-corrected chi connectivity index (χ1v) is 21.6. The number of anilines is 1. The molecule has 6 rings (SSSR count). The minimum Gasteiger partial charge on any atom is -0.748 e. The number of rotatable bonds is 16. The van der Waals surface area contributed by atoms with Gasteiger partial charge in [-0.2, -0.15) is 4.33 Å². The van der Waals surface area contributed by atoms with E-state index in [0.717, 1.165) is 47.8 Å². The maximum absolute atomic E-state index is 13.3. The van der Waals surface area contributed by atoms with Crippen LogP contribution in [0.2, 0.25) is 0 Å². The minimum atomic E-state index is -4.65. The number of fused-ring (bicyclic) bond motifs is 4. The van der Waals surface area contributed by atoms with Crippen molar-refractivity contribution in [2.24, 2.45) is 5.11 Å². The third-order valence-corrected chi connectivity index (χ3v) is 12.9. The Hall–Kier alpha value is -4.94. The molecule has 59 heavy (non-hydrogen) atoms. The van der Waals surface area contributed by atoms with Gasteiger partial charge in [-0.25, -0.2) is 13.0 Å². The third-order valence-electron chi connectivity index (χ3n) is 11.5. The number of benzene rings is 3. The van der Waals surface area contributed by atoms with Crippen molar-refractivity contribution in [1.29, 1.82) is 0 Å². The van der Waals surface area contributed by atoms with Gasteiger partial charge in [-0.15, -0.1) is 0 Å². The molecule has 1 N–H and O–H groups in total. The molecular formula is C41H46N6O10S2-2. The molecule has 0 aliphatic carbocycles. The van der Waals surface area contributed by atoms with Crippen LogP contribution in [0.15, 0.2) is 53.7 Å². The predicted octanol–water partition coefficient (Wildman–Crippen LogP) is 3.42. The van der Waals surface area contributed by atoms with E-state index in [1.54, 1.807) is 18.2 Å². The molecule has 0 radical (unpaired) electrons. The fourth-order valence-electron chi connectivity index (χ4n) is 8.21. The molecule has 3 aliphatic heterocycles. The summed E-state index contributed by atoms with van der Waals surface area (Å²) in [7, 11) is -0.829. The lowest BCUT2D eigenvalue weighted by molar-refractivity contribution is -0.777. The highest BCUT2D eigenvalue weighted by Crippen LogP contribution is 2.49. The van der Waals surface area contributed by atoms with Gasteiger partial charge >= 0.3 is 0 Å². The molecule has 3 aromatic rings. The zero-order chi connectivity index (χ0) is 42.9. The molecule has 16 nitrogen and oxygen atoms in total. The van der Waals surface area contributed by atoms with Gasteiger partial charge in [0, 0.05) is 113 Å². The molecule has 3 aromatic carbocycles. The van der Waals surface area contributed by atoms with Gasteiger partial charge in [0.2, 0.25) is 5.36 Å². The number of carboxylic acid groups (broad SMARTS) is 1. The number of nitrogens with one attached hydrogen (secondary N) is 1. The third kappa shape index (κ3) is 9.29. The Morgan fingerprint density at radius 2 is 1.81 bits per heavy atom. The fourth-order valence-corrected chi connectivity index (χ4v) is 9.46. The van der Waals surface area contributed by atoms with Crippen molar-refractivity contribution >= 4 is 50.9 Å². The van der Waals surface area contributed by atoms with Crippen LogP contribution in [0.1, 0.15) is 109 Å². The summed E-state index contributed by atoms with van der Waals surface area (Å²) in [5.41, 5.74) is 11.2. The van der Waals surface area contributed by atoms with E-state index < -0.39 is 44.7 Å². The first kappa shape index (κ1) is 43.6. The van der Waals surface area contributed by atoms with Crippen molar-refractivity contribution in [2.75, 3.05) is 43.6 Å². The van der Waals surface area contributed by atoms with Gasteiger partial charge in [0.25, 0.3) is 5.91 Å². The number of hydrogen-bond acceptors (Lipinski definition) is 13. The first-order valence-electron chi connectivity index (χ1n) is 19.1. The Labute approximate surface area is 346 Å². The lowest BCUT2D eigenvalue weighted by atomic mass is 9.78. The second-order valence-electron chi connectivity index (χ2n) is 16.2. The van der Waals surface area contributed by atoms with Crippen molar-refractivity contribution in [1.82, 2.24) is 9.89 Å². The van der Waals surface area contributed by atoms with Gasteiger partial charge < -0.3 is 34.7 Å². The molecule has 3 aliphatic rings. The van der Waals surface area contributed by atoms with E-state index in [0.29, 0.717) is 65.0 Å². The number of carboxylic acids is 1. The largest absolute Gasteiger partial charge is 0.748 e. The van der Waals surface area contributed by atoms with Gasteiger partial charge in [0.1, 0.15) is 18.5 Å². The highest BCUT2D eigenvalue weighted by Gasteiger charge is 2.39. The Morgan fingerprint density at radius 3 is 2.51 bits per heavy atom. The van der Waals surface area contributed by atoms with Gasteiger partial charge in [-0.3, -0.25) is 9.83 Å². The van der Waals surface area contributed by atoms with Gasteiger partial charge in [-0.1, -0.05) is 24.0 Å². The fraction of sp³-hybridized carbons (Fsp3) is 0.439. The number of carbonyl (C=O) groups is 2. The molecule has 0 bridgehead atoms. The van der Waals surface area contributed by atoms with E-state index in [1.807, 2.05) is 64.9 Å². The molecule has 0 saturated carbocycles. The predicted molar refractivity (Wildman–Crippen MR) is 218 cm³/mol. The molecule has 0 saturated heterocycles. The summed E-state index contributed by atoms with van der Waals surface area (Å²) in [5, 5.41) is 35.0. The molecule has 0 fully saturated rings. The lowest BCUT2D eigenvalue weighted by Gasteiger charge is -2.46. The SMILES string of the molecule is CN1c2cc3c(cc2C(CS(=O)(=O)[O-])CC1(C)C)C(c1ccc(C(=O)NCCCCCCN=[N+]=[N-])cc1C(=O)[O-])=c1cc2c(cc1O3)=[N+](C)C(C)(C)C=C2CSOO[O-]. The molecule has 0 aromatic heterocycles. The van der Waals surface area contributed by atoms with Crippen LogP contribution in [-0.2, 0) is 19.5 Å². The Morgan fingerprint density at radius 1 is 1.07 bits per heavy atom. The quantitative estimate of drug-likeness (QED) is 0.0197. The Kier molecular flexibility index (Phi) is 12.8. The zero-order valence-corrected chi connectivity index (χ0v) is 35.3. The van der Waals surface area contributed by atoms with Crippen LogP contribution < -0.4 is 40.5 Å². The topological polar surface area (TPSA) is 232 Å². The van der Waals surface area contributed by atoms with E-state index in [-0.39, 0.29) is 22.4 Å². The number of likely N-dealkylation sites (N-methyl/N-ethyl adjacent to an activating group) is 1. The summed E-state index contributed by atoms with van der Waals surface area (Å²) < 4.78 is 50.2. The van der Waals surface area contributed by atoms with Crippen LogP contribution in [0, 0.1) is 0 Å². The number of carbonyl (C=O) groups excluding carboxylic acids is 2. The summed E-state index contributed by atoms with van der Waals surface area (Å²) in [4.78, 5) is 31.2. The number of amides is 1. The van der Waals surface area contributed by atoms with Crippen LogP contribution in [0.4, 0.5) is 5.69 Å².